The molecule has 152 valence electrons. The fourth-order valence-corrected chi connectivity index (χ4v) is 3.73. The fraction of sp³-hybridized carbons (Fsp3) is 0.176. The Kier molecular flexibility index (Phi) is 5.91. The van der Waals surface area contributed by atoms with Gasteiger partial charge in [-0.05, 0) is 59.8 Å². The van der Waals surface area contributed by atoms with Crippen LogP contribution < -0.4 is 5.32 Å². The lowest BCUT2D eigenvalue weighted by molar-refractivity contribution is -0.116. The number of anilines is 1. The van der Waals surface area contributed by atoms with Gasteiger partial charge in [0.1, 0.15) is 5.82 Å². The van der Waals surface area contributed by atoms with Crippen LogP contribution in [-0.2, 0) is 14.8 Å². The highest BCUT2D eigenvalue weighted by Crippen LogP contribution is 2.20. The molecule has 29 heavy (non-hydrogen) atoms. The molecule has 0 bridgehead atoms. The van der Waals surface area contributed by atoms with Crippen molar-refractivity contribution < 1.29 is 17.6 Å². The van der Waals surface area contributed by atoms with Crippen molar-refractivity contribution in [1.82, 2.24) is 24.5 Å². The molecule has 0 radical (unpaired) electrons. The first-order chi connectivity index (χ1) is 13.7. The Labute approximate surface area is 171 Å². The highest BCUT2D eigenvalue weighted by Gasteiger charge is 2.23. The number of carbonyl (C=O) groups excluding carboxylic acids is 1. The highest BCUT2D eigenvalue weighted by molar-refractivity contribution is 7.89. The van der Waals surface area contributed by atoms with Crippen LogP contribution in [0.25, 0.3) is 5.69 Å². The number of aryl methyl sites for hydroxylation is 1. The first-order valence-corrected chi connectivity index (χ1v) is 10.1. The minimum absolute atomic E-state index is 0.0143. The Morgan fingerprint density at radius 2 is 1.93 bits per heavy atom. The molecule has 0 fully saturated rings. The lowest BCUT2D eigenvalue weighted by atomic mass is 10.2. The second-order valence-corrected chi connectivity index (χ2v) is 8.55. The van der Waals surface area contributed by atoms with Crippen LogP contribution in [0.4, 0.5) is 10.1 Å². The van der Waals surface area contributed by atoms with E-state index in [1.54, 1.807) is 6.92 Å². The molecule has 3 rings (SSSR count). The Hall–Kier alpha value is -2.89. The van der Waals surface area contributed by atoms with Crippen LogP contribution in [0.1, 0.15) is 5.82 Å². The summed E-state index contributed by atoms with van der Waals surface area (Å²) in [5.41, 5.74) is 0.311. The number of tetrazole rings is 1. The lowest BCUT2D eigenvalue weighted by Gasteiger charge is -2.17. The summed E-state index contributed by atoms with van der Waals surface area (Å²) in [6, 6.07) is 9.50. The van der Waals surface area contributed by atoms with E-state index in [4.69, 9.17) is 11.6 Å². The van der Waals surface area contributed by atoms with Crippen LogP contribution in [0.5, 0.6) is 0 Å². The quantitative estimate of drug-likeness (QED) is 0.630. The smallest absolute Gasteiger partial charge is 0.243 e. The second kappa shape index (κ2) is 8.23. The molecule has 0 saturated heterocycles. The van der Waals surface area contributed by atoms with E-state index >= 15 is 0 Å². The highest BCUT2D eigenvalue weighted by atomic mass is 35.5. The Balaban J connectivity index is 1.75. The Morgan fingerprint density at radius 3 is 2.55 bits per heavy atom. The number of hydrogen-bond donors (Lipinski definition) is 1. The second-order valence-electron chi connectivity index (χ2n) is 6.07. The summed E-state index contributed by atoms with van der Waals surface area (Å²) in [6.45, 7) is 1.15. The van der Waals surface area contributed by atoms with Crippen LogP contribution in [0.15, 0.2) is 47.4 Å². The predicted molar refractivity (Wildman–Crippen MR) is 104 cm³/mol. The molecule has 1 heterocycles. The number of likely N-dealkylation sites (N-methyl/N-ethyl adjacent to an activating group) is 1. The van der Waals surface area contributed by atoms with Crippen LogP contribution in [0.3, 0.4) is 0 Å². The molecule has 0 aliphatic rings. The number of rotatable bonds is 6. The van der Waals surface area contributed by atoms with Crippen molar-refractivity contribution in [3.8, 4) is 5.69 Å². The van der Waals surface area contributed by atoms with E-state index in [0.717, 1.165) is 10.4 Å². The number of hydrogen-bond acceptors (Lipinski definition) is 6. The maximum atomic E-state index is 14.1. The van der Waals surface area contributed by atoms with Crippen molar-refractivity contribution in [2.75, 3.05) is 18.9 Å². The zero-order chi connectivity index (χ0) is 21.2. The van der Waals surface area contributed by atoms with Crippen molar-refractivity contribution in [1.29, 1.82) is 0 Å². The summed E-state index contributed by atoms with van der Waals surface area (Å²) in [5.74, 6) is -0.923. The van der Waals surface area contributed by atoms with Crippen LogP contribution in [0.2, 0.25) is 5.02 Å². The minimum Gasteiger partial charge on any atom is -0.322 e. The molecular weight excluding hydrogens is 423 g/mol. The minimum atomic E-state index is -3.91. The zero-order valence-corrected chi connectivity index (χ0v) is 16.9. The summed E-state index contributed by atoms with van der Waals surface area (Å²) in [6.07, 6.45) is 0. The standard InChI is InChI=1S/C17H16ClFN6O3S/c1-11-21-22-23-25(11)13-5-8-15(19)16(9-13)20-17(26)10-24(2)29(27,28)14-6-3-12(18)4-7-14/h3-9H,10H2,1-2H3,(H,20,26). The first-order valence-electron chi connectivity index (χ1n) is 8.25. The van der Waals surface area contributed by atoms with Gasteiger partial charge in [0.2, 0.25) is 15.9 Å². The van der Waals surface area contributed by atoms with Gasteiger partial charge in [0.05, 0.1) is 22.8 Å². The molecule has 1 amide bonds. The molecule has 2 aromatic carbocycles. The largest absolute Gasteiger partial charge is 0.322 e. The average Bonchev–Trinajstić information content (AvgIpc) is 3.09. The monoisotopic (exact) mass is 438 g/mol. The maximum Gasteiger partial charge on any atom is 0.243 e. The maximum absolute atomic E-state index is 14.1. The van der Waals surface area contributed by atoms with E-state index in [9.17, 15) is 17.6 Å². The molecule has 12 heteroatoms. The van der Waals surface area contributed by atoms with Gasteiger partial charge in [0, 0.05) is 12.1 Å². The molecule has 0 saturated carbocycles. The molecule has 1 aromatic heterocycles. The van der Waals surface area contributed by atoms with E-state index in [-0.39, 0.29) is 10.6 Å². The van der Waals surface area contributed by atoms with E-state index in [1.807, 2.05) is 0 Å². The van der Waals surface area contributed by atoms with Crippen molar-refractivity contribution >= 4 is 33.2 Å². The average molecular weight is 439 g/mol. The van der Waals surface area contributed by atoms with Crippen LogP contribution in [-0.4, -0.2) is 52.4 Å². The third kappa shape index (κ3) is 4.58. The number of benzene rings is 2. The van der Waals surface area contributed by atoms with Crippen molar-refractivity contribution in [3.63, 3.8) is 0 Å². The number of halogens is 2. The topological polar surface area (TPSA) is 110 Å². The molecule has 0 aliphatic heterocycles. The van der Waals surface area contributed by atoms with Gasteiger partial charge in [0.25, 0.3) is 0 Å². The normalized spacial score (nSPS) is 11.6. The van der Waals surface area contributed by atoms with E-state index in [0.29, 0.717) is 16.5 Å². The van der Waals surface area contributed by atoms with E-state index in [2.05, 4.69) is 20.8 Å². The number of sulfonamides is 1. The van der Waals surface area contributed by atoms with Crippen molar-refractivity contribution in [3.05, 3.63) is 59.1 Å². The van der Waals surface area contributed by atoms with Gasteiger partial charge in [0.15, 0.2) is 5.82 Å². The summed E-state index contributed by atoms with van der Waals surface area (Å²) >= 11 is 5.77. The third-order valence-electron chi connectivity index (χ3n) is 3.98. The number of nitrogens with one attached hydrogen (secondary N) is 1. The molecule has 0 atom stereocenters. The van der Waals surface area contributed by atoms with Gasteiger partial charge >= 0.3 is 0 Å². The molecule has 0 unspecified atom stereocenters. The Morgan fingerprint density at radius 1 is 1.24 bits per heavy atom. The lowest BCUT2D eigenvalue weighted by Crippen LogP contribution is -2.35. The summed E-state index contributed by atoms with van der Waals surface area (Å²) in [4.78, 5) is 12.3. The van der Waals surface area contributed by atoms with Gasteiger partial charge in [-0.2, -0.15) is 8.99 Å². The van der Waals surface area contributed by atoms with Gasteiger partial charge in [-0.15, -0.1) is 5.10 Å². The van der Waals surface area contributed by atoms with E-state index in [1.165, 1.54) is 48.1 Å². The zero-order valence-electron chi connectivity index (χ0n) is 15.4. The predicted octanol–water partition coefficient (Wildman–Crippen LogP) is 2.02. The van der Waals surface area contributed by atoms with Gasteiger partial charge in [-0.25, -0.2) is 12.8 Å². The summed E-state index contributed by atoms with van der Waals surface area (Å²) in [7, 11) is -2.66. The fourth-order valence-electron chi connectivity index (χ4n) is 2.47. The van der Waals surface area contributed by atoms with Crippen LogP contribution in [0, 0.1) is 12.7 Å². The molecule has 1 N–H and O–H groups in total. The third-order valence-corrected chi connectivity index (χ3v) is 6.05. The Bertz CT molecular complexity index is 1150. The van der Waals surface area contributed by atoms with Gasteiger partial charge < -0.3 is 5.32 Å². The first kappa shape index (κ1) is 20.8. The van der Waals surface area contributed by atoms with Crippen LogP contribution >= 0.6 is 11.6 Å². The van der Waals surface area contributed by atoms with Crippen molar-refractivity contribution in [2.45, 2.75) is 11.8 Å². The molecule has 3 aromatic rings. The number of carbonyl (C=O) groups is 1. The van der Waals surface area contributed by atoms with Gasteiger partial charge in [-0.3, -0.25) is 4.79 Å². The summed E-state index contributed by atoms with van der Waals surface area (Å²) in [5, 5.41) is 13.8. The molecule has 0 aliphatic carbocycles. The molecular formula is C17H16ClFN6O3S. The van der Waals surface area contributed by atoms with Crippen molar-refractivity contribution in [2.24, 2.45) is 0 Å². The molecule has 9 nitrogen and oxygen atoms in total. The molecule has 0 spiro atoms. The van der Waals surface area contributed by atoms with E-state index < -0.39 is 28.3 Å². The number of amides is 1. The number of aromatic nitrogens is 4. The number of nitrogens with zero attached hydrogens (tertiary/aromatic N) is 5. The SMILES string of the molecule is Cc1nnnn1-c1ccc(F)c(NC(=O)CN(C)S(=O)(=O)c2ccc(Cl)cc2)c1. The van der Waals surface area contributed by atoms with Gasteiger partial charge in [-0.1, -0.05) is 11.6 Å². The summed E-state index contributed by atoms with van der Waals surface area (Å²) < 4.78 is 41.5.